The number of aryl methyl sites for hydroxylation is 1. The van der Waals surface area contributed by atoms with Gasteiger partial charge in [-0.1, -0.05) is 6.92 Å². The van der Waals surface area contributed by atoms with Crippen LogP contribution in [0.5, 0.6) is 0 Å². The third-order valence-electron chi connectivity index (χ3n) is 2.99. The fraction of sp³-hybridized carbons (Fsp3) is 0.727. The highest BCUT2D eigenvalue weighted by atomic mass is 35.5. The molecule has 0 amide bonds. The second-order valence-electron chi connectivity index (χ2n) is 4.02. The highest BCUT2D eigenvalue weighted by Gasteiger charge is 2.24. The Morgan fingerprint density at radius 3 is 2.56 bits per heavy atom. The Balaban J connectivity index is 2.42. The zero-order chi connectivity index (χ0) is 12.0. The van der Waals surface area contributed by atoms with Crippen molar-refractivity contribution in [2.75, 3.05) is 18.3 Å². The number of halogens is 2. The van der Waals surface area contributed by atoms with E-state index in [1.54, 1.807) is 0 Å². The lowest BCUT2D eigenvalue weighted by atomic mass is 10.0. The number of alkyl halides is 2. The molecule has 0 aliphatic heterocycles. The van der Waals surface area contributed by atoms with E-state index in [0.717, 1.165) is 19.4 Å². The van der Waals surface area contributed by atoms with Gasteiger partial charge in [-0.25, -0.2) is 0 Å². The van der Waals surface area contributed by atoms with Gasteiger partial charge in [-0.2, -0.15) is 5.10 Å². The summed E-state index contributed by atoms with van der Waals surface area (Å²) < 4.78 is 1.89. The molecule has 1 rings (SSSR count). The van der Waals surface area contributed by atoms with Gasteiger partial charge in [0, 0.05) is 49.2 Å². The molecule has 16 heavy (non-hydrogen) atoms. The lowest BCUT2D eigenvalue weighted by Crippen LogP contribution is -2.49. The van der Waals surface area contributed by atoms with E-state index in [0.29, 0.717) is 11.8 Å². The van der Waals surface area contributed by atoms with Gasteiger partial charge in [-0.15, -0.1) is 23.2 Å². The van der Waals surface area contributed by atoms with E-state index in [9.17, 15) is 0 Å². The molecule has 0 unspecified atom stereocenters. The van der Waals surface area contributed by atoms with Crippen molar-refractivity contribution in [3.63, 3.8) is 0 Å². The molecule has 0 saturated carbocycles. The predicted octanol–water partition coefficient (Wildman–Crippen LogP) is 2.18. The molecule has 0 fully saturated rings. The molecule has 92 valence electrons. The van der Waals surface area contributed by atoms with Gasteiger partial charge in [0.1, 0.15) is 0 Å². The smallest absolute Gasteiger partial charge is 0.0492 e. The molecule has 0 spiro atoms. The Kier molecular flexibility index (Phi) is 5.59. The Hall–Kier alpha value is -0.250. The van der Waals surface area contributed by atoms with Crippen molar-refractivity contribution in [1.82, 2.24) is 15.1 Å². The van der Waals surface area contributed by atoms with Gasteiger partial charge < -0.3 is 5.32 Å². The van der Waals surface area contributed by atoms with Crippen molar-refractivity contribution in [2.24, 2.45) is 7.05 Å². The van der Waals surface area contributed by atoms with Gasteiger partial charge >= 0.3 is 0 Å². The lowest BCUT2D eigenvalue weighted by Gasteiger charge is -2.29. The quantitative estimate of drug-likeness (QED) is 0.765. The molecule has 0 radical (unpaired) electrons. The van der Waals surface area contributed by atoms with Crippen LogP contribution in [-0.4, -0.2) is 33.6 Å². The van der Waals surface area contributed by atoms with Gasteiger partial charge in [0.05, 0.1) is 0 Å². The first kappa shape index (κ1) is 13.8. The van der Waals surface area contributed by atoms with E-state index < -0.39 is 0 Å². The third kappa shape index (κ3) is 3.37. The van der Waals surface area contributed by atoms with Crippen molar-refractivity contribution in [3.05, 3.63) is 18.0 Å². The largest absolute Gasteiger partial charge is 0.309 e. The SMILES string of the molecule is CCC(CCl)(CCl)NCCc1ccnn1C. The first-order valence-electron chi connectivity index (χ1n) is 5.51. The summed E-state index contributed by atoms with van der Waals surface area (Å²) in [5, 5.41) is 7.57. The molecule has 3 nitrogen and oxygen atoms in total. The lowest BCUT2D eigenvalue weighted by molar-refractivity contribution is 0.388. The van der Waals surface area contributed by atoms with Crippen LogP contribution in [0, 0.1) is 0 Å². The van der Waals surface area contributed by atoms with E-state index in [1.165, 1.54) is 5.69 Å². The third-order valence-corrected chi connectivity index (χ3v) is 4.02. The minimum absolute atomic E-state index is 0.137. The molecule has 1 heterocycles. The highest BCUT2D eigenvalue weighted by Crippen LogP contribution is 2.14. The van der Waals surface area contributed by atoms with Crippen LogP contribution in [0.4, 0.5) is 0 Å². The Morgan fingerprint density at radius 2 is 2.12 bits per heavy atom. The van der Waals surface area contributed by atoms with Crippen molar-refractivity contribution >= 4 is 23.2 Å². The number of hydrogen-bond acceptors (Lipinski definition) is 2. The van der Waals surface area contributed by atoms with Crippen LogP contribution in [0.3, 0.4) is 0 Å². The Bertz CT molecular complexity index is 300. The molecule has 0 atom stereocenters. The zero-order valence-electron chi connectivity index (χ0n) is 9.84. The monoisotopic (exact) mass is 263 g/mol. The molecule has 1 aromatic rings. The van der Waals surface area contributed by atoms with Crippen LogP contribution < -0.4 is 5.32 Å². The second-order valence-corrected chi connectivity index (χ2v) is 4.56. The minimum atomic E-state index is -0.137. The average Bonchev–Trinajstić information content (AvgIpc) is 2.71. The summed E-state index contributed by atoms with van der Waals surface area (Å²) in [6, 6.07) is 2.02. The molecule has 5 heteroatoms. The fourth-order valence-corrected chi connectivity index (χ4v) is 2.40. The van der Waals surface area contributed by atoms with Gasteiger partial charge in [0.2, 0.25) is 0 Å². The fourth-order valence-electron chi connectivity index (χ4n) is 1.55. The minimum Gasteiger partial charge on any atom is -0.309 e. The molecule has 0 aliphatic rings. The number of aromatic nitrogens is 2. The molecule has 1 N–H and O–H groups in total. The summed E-state index contributed by atoms with van der Waals surface area (Å²) in [6.07, 6.45) is 3.68. The van der Waals surface area contributed by atoms with Gasteiger partial charge in [0.25, 0.3) is 0 Å². The second kappa shape index (κ2) is 6.48. The maximum atomic E-state index is 5.95. The summed E-state index contributed by atoms with van der Waals surface area (Å²) in [5.74, 6) is 1.08. The number of nitrogens with one attached hydrogen (secondary N) is 1. The van der Waals surface area contributed by atoms with E-state index in [-0.39, 0.29) is 5.54 Å². The predicted molar refractivity (Wildman–Crippen MR) is 69.4 cm³/mol. The van der Waals surface area contributed by atoms with Crippen LogP contribution in [0.1, 0.15) is 19.0 Å². The number of hydrogen-bond donors (Lipinski definition) is 1. The van der Waals surface area contributed by atoms with E-state index in [1.807, 2.05) is 24.0 Å². The van der Waals surface area contributed by atoms with Crippen LogP contribution in [0.2, 0.25) is 0 Å². The van der Waals surface area contributed by atoms with Crippen molar-refractivity contribution in [1.29, 1.82) is 0 Å². The van der Waals surface area contributed by atoms with E-state index in [2.05, 4.69) is 17.3 Å². The highest BCUT2D eigenvalue weighted by molar-refractivity contribution is 6.22. The van der Waals surface area contributed by atoms with Gasteiger partial charge in [0.15, 0.2) is 0 Å². The average molecular weight is 264 g/mol. The first-order valence-corrected chi connectivity index (χ1v) is 6.58. The van der Waals surface area contributed by atoms with Crippen molar-refractivity contribution < 1.29 is 0 Å². The Morgan fingerprint density at radius 1 is 1.44 bits per heavy atom. The maximum absolute atomic E-state index is 5.95. The van der Waals surface area contributed by atoms with Crippen LogP contribution >= 0.6 is 23.2 Å². The summed E-state index contributed by atoms with van der Waals surface area (Å²) in [6.45, 7) is 2.97. The number of rotatable bonds is 7. The van der Waals surface area contributed by atoms with E-state index >= 15 is 0 Å². The summed E-state index contributed by atoms with van der Waals surface area (Å²) in [5.41, 5.74) is 1.07. The molecule has 0 bridgehead atoms. The van der Waals surface area contributed by atoms with Gasteiger partial charge in [-0.3, -0.25) is 4.68 Å². The summed E-state index contributed by atoms with van der Waals surface area (Å²) >= 11 is 11.9. The maximum Gasteiger partial charge on any atom is 0.0492 e. The zero-order valence-corrected chi connectivity index (χ0v) is 11.4. The van der Waals surface area contributed by atoms with Crippen LogP contribution in [-0.2, 0) is 13.5 Å². The molecular formula is C11H19Cl2N3. The Labute approximate surface area is 107 Å². The molecule has 0 aliphatic carbocycles. The van der Waals surface area contributed by atoms with Crippen molar-refractivity contribution in [2.45, 2.75) is 25.3 Å². The van der Waals surface area contributed by atoms with Crippen LogP contribution in [0.15, 0.2) is 12.3 Å². The molecule has 1 aromatic heterocycles. The summed E-state index contributed by atoms with van der Waals surface area (Å²) in [4.78, 5) is 0. The topological polar surface area (TPSA) is 29.9 Å². The van der Waals surface area contributed by atoms with Crippen LogP contribution in [0.25, 0.3) is 0 Å². The standard InChI is InChI=1S/C11H19Cl2N3/c1-3-11(8-12,9-13)14-6-4-10-5-7-15-16(10)2/h5,7,14H,3-4,6,8-9H2,1-2H3. The normalized spacial score (nSPS) is 12.0. The molecule has 0 aromatic carbocycles. The molecular weight excluding hydrogens is 245 g/mol. The van der Waals surface area contributed by atoms with E-state index in [4.69, 9.17) is 23.2 Å². The first-order chi connectivity index (χ1) is 7.67. The number of nitrogens with zero attached hydrogens (tertiary/aromatic N) is 2. The summed E-state index contributed by atoms with van der Waals surface area (Å²) in [7, 11) is 1.95. The van der Waals surface area contributed by atoms with Crippen molar-refractivity contribution in [3.8, 4) is 0 Å². The van der Waals surface area contributed by atoms with Gasteiger partial charge in [-0.05, 0) is 12.5 Å². The molecule has 0 saturated heterocycles.